The third kappa shape index (κ3) is 4.56. The van der Waals surface area contributed by atoms with E-state index in [4.69, 9.17) is 23.4 Å². The maximum Gasteiger partial charge on any atom is 0.343 e. The van der Waals surface area contributed by atoms with Gasteiger partial charge in [0.05, 0.1) is 21.3 Å². The van der Waals surface area contributed by atoms with Crippen LogP contribution in [0.15, 0.2) is 24.3 Å². The van der Waals surface area contributed by atoms with Crippen molar-refractivity contribution in [3.63, 3.8) is 0 Å². The Morgan fingerprint density at radius 3 is 1.91 bits per heavy atom. The van der Waals surface area contributed by atoms with E-state index in [1.54, 1.807) is 27.4 Å². The van der Waals surface area contributed by atoms with Crippen LogP contribution in [0.5, 0.6) is 23.0 Å². The summed E-state index contributed by atoms with van der Waals surface area (Å²) < 4.78 is 29.3. The van der Waals surface area contributed by atoms with Gasteiger partial charge in [0.15, 0.2) is 6.10 Å². The van der Waals surface area contributed by atoms with E-state index in [0.717, 1.165) is 16.7 Å². The number of ether oxygens (including phenoxy) is 4. The van der Waals surface area contributed by atoms with Gasteiger partial charge >= 0.3 is 5.97 Å². The number of methoxy groups -OCH3 is 3. The topological polar surface area (TPSA) is 63.2 Å². The molecule has 0 aromatic heterocycles. The van der Waals surface area contributed by atoms with Gasteiger partial charge < -0.3 is 23.4 Å². The van der Waals surface area contributed by atoms with E-state index < -0.39 is 20.4 Å². The Labute approximate surface area is 198 Å². The average Bonchev–Trinajstić information content (AvgIpc) is 3.07. The van der Waals surface area contributed by atoms with Gasteiger partial charge in [-0.1, -0.05) is 34.6 Å². The first-order valence-corrected chi connectivity index (χ1v) is 14.1. The zero-order valence-corrected chi connectivity index (χ0v) is 22.4. The molecule has 3 rings (SSSR count). The van der Waals surface area contributed by atoms with E-state index in [0.29, 0.717) is 28.6 Å². The number of hydrogen-bond donors (Lipinski definition) is 0. The quantitative estimate of drug-likeness (QED) is 0.339. The Morgan fingerprint density at radius 2 is 1.45 bits per heavy atom. The minimum atomic E-state index is -2.10. The van der Waals surface area contributed by atoms with Crippen molar-refractivity contribution in [2.75, 3.05) is 21.3 Å². The van der Waals surface area contributed by atoms with Crippen molar-refractivity contribution in [2.45, 2.75) is 64.8 Å². The number of rotatable bonds is 7. The van der Waals surface area contributed by atoms with Crippen LogP contribution in [0.1, 0.15) is 73.7 Å². The molecule has 0 N–H and O–H groups in total. The van der Waals surface area contributed by atoms with Gasteiger partial charge in [-0.3, -0.25) is 0 Å². The SMILES string of the molecule is COc1cc(O[Si](C)(C)C(C)(C)C)cc2c1C(=O)OC2c1cc(OC)c(C(C)C)c(OC)c1. The van der Waals surface area contributed by atoms with Crippen LogP contribution in [0.4, 0.5) is 0 Å². The molecule has 0 aliphatic carbocycles. The Kier molecular flexibility index (Phi) is 6.76. The number of hydrogen-bond acceptors (Lipinski definition) is 6. The van der Waals surface area contributed by atoms with Crippen molar-refractivity contribution >= 4 is 14.3 Å². The molecule has 0 spiro atoms. The fraction of sp³-hybridized carbons (Fsp3) is 0.500. The lowest BCUT2D eigenvalue weighted by atomic mass is 9.93. The lowest BCUT2D eigenvalue weighted by molar-refractivity contribution is 0.0453. The van der Waals surface area contributed by atoms with Crippen molar-refractivity contribution in [1.82, 2.24) is 0 Å². The highest BCUT2D eigenvalue weighted by atomic mass is 28.4. The molecular formula is C26H36O6Si. The highest BCUT2D eigenvalue weighted by Crippen LogP contribution is 2.47. The Balaban J connectivity index is 2.16. The summed E-state index contributed by atoms with van der Waals surface area (Å²) in [4.78, 5) is 12.9. The maximum absolute atomic E-state index is 12.9. The highest BCUT2D eigenvalue weighted by molar-refractivity contribution is 6.74. The van der Waals surface area contributed by atoms with Crippen LogP contribution in [0.2, 0.25) is 18.1 Å². The summed E-state index contributed by atoms with van der Waals surface area (Å²) in [6.07, 6.45) is -0.617. The fourth-order valence-electron chi connectivity index (χ4n) is 3.86. The van der Waals surface area contributed by atoms with Crippen molar-refractivity contribution in [1.29, 1.82) is 0 Å². The molecule has 1 unspecified atom stereocenters. The van der Waals surface area contributed by atoms with Gasteiger partial charge in [-0.15, -0.1) is 0 Å². The van der Waals surface area contributed by atoms with Crippen molar-refractivity contribution in [3.8, 4) is 23.0 Å². The zero-order valence-electron chi connectivity index (χ0n) is 21.4. The minimum Gasteiger partial charge on any atom is -0.543 e. The molecule has 2 aromatic carbocycles. The molecule has 6 nitrogen and oxygen atoms in total. The first-order chi connectivity index (χ1) is 15.3. The number of carbonyl (C=O) groups excluding carboxylic acids is 1. The molecule has 7 heteroatoms. The summed E-state index contributed by atoms with van der Waals surface area (Å²) in [6.45, 7) is 15.1. The van der Waals surface area contributed by atoms with Crippen molar-refractivity contribution in [3.05, 3.63) is 46.5 Å². The molecule has 0 saturated heterocycles. The first kappa shape index (κ1) is 25.0. The van der Waals surface area contributed by atoms with Crippen LogP contribution in [-0.2, 0) is 4.74 Å². The van der Waals surface area contributed by atoms with Gasteiger partial charge in [0, 0.05) is 22.8 Å². The van der Waals surface area contributed by atoms with Crippen LogP contribution in [-0.4, -0.2) is 35.6 Å². The van der Waals surface area contributed by atoms with E-state index in [2.05, 4.69) is 47.7 Å². The number of cyclic esters (lactones) is 1. The van der Waals surface area contributed by atoms with E-state index >= 15 is 0 Å². The van der Waals surface area contributed by atoms with Gasteiger partial charge in [0.1, 0.15) is 28.6 Å². The molecule has 180 valence electrons. The van der Waals surface area contributed by atoms with Gasteiger partial charge in [-0.2, -0.15) is 0 Å². The van der Waals surface area contributed by atoms with Crippen molar-refractivity contribution in [2.24, 2.45) is 0 Å². The second-order valence-corrected chi connectivity index (χ2v) is 15.0. The number of esters is 1. The van der Waals surface area contributed by atoms with Gasteiger partial charge in [-0.25, -0.2) is 4.79 Å². The second-order valence-electron chi connectivity index (χ2n) is 10.2. The van der Waals surface area contributed by atoms with Gasteiger partial charge in [0.2, 0.25) is 8.32 Å². The van der Waals surface area contributed by atoms with Gasteiger partial charge in [0.25, 0.3) is 0 Å². The number of carbonyl (C=O) groups is 1. The predicted molar refractivity (Wildman–Crippen MR) is 132 cm³/mol. The third-order valence-electron chi connectivity index (χ3n) is 6.66. The molecule has 33 heavy (non-hydrogen) atoms. The standard InChI is InChI=1S/C26H36O6Si/c1-15(2)22-19(28-6)11-16(12-20(22)29-7)24-18-13-17(32-33(9,10)26(3,4)5)14-21(30-8)23(18)25(27)31-24/h11-15,24H,1-10H3. The van der Waals surface area contributed by atoms with Crippen LogP contribution in [0.3, 0.4) is 0 Å². The normalized spacial score (nSPS) is 15.8. The molecule has 1 aliphatic heterocycles. The van der Waals surface area contributed by atoms with Crippen LogP contribution in [0.25, 0.3) is 0 Å². The minimum absolute atomic E-state index is 0.0262. The monoisotopic (exact) mass is 472 g/mol. The van der Waals surface area contributed by atoms with Crippen molar-refractivity contribution < 1.29 is 28.2 Å². The number of fused-ring (bicyclic) bond motifs is 1. The van der Waals surface area contributed by atoms with E-state index in [1.807, 2.05) is 18.2 Å². The summed E-state index contributed by atoms with van der Waals surface area (Å²) in [5.74, 6) is 2.31. The van der Waals surface area contributed by atoms with Gasteiger partial charge in [-0.05, 0) is 42.2 Å². The third-order valence-corrected chi connectivity index (χ3v) is 11.0. The molecule has 0 saturated carbocycles. The highest BCUT2D eigenvalue weighted by Gasteiger charge is 2.41. The molecule has 0 radical (unpaired) electrons. The van der Waals surface area contributed by atoms with E-state index in [1.165, 1.54) is 0 Å². The molecule has 0 bridgehead atoms. The van der Waals surface area contributed by atoms with E-state index in [9.17, 15) is 4.79 Å². The smallest absolute Gasteiger partial charge is 0.343 e. The molecule has 2 aromatic rings. The van der Waals surface area contributed by atoms with Crippen LogP contribution in [0, 0.1) is 0 Å². The number of benzene rings is 2. The molecular weight excluding hydrogens is 436 g/mol. The lowest BCUT2D eigenvalue weighted by Gasteiger charge is -2.36. The summed E-state index contributed by atoms with van der Waals surface area (Å²) in [6, 6.07) is 7.52. The second kappa shape index (κ2) is 8.93. The first-order valence-electron chi connectivity index (χ1n) is 11.2. The Morgan fingerprint density at radius 1 is 0.909 bits per heavy atom. The molecule has 0 fully saturated rings. The molecule has 1 atom stereocenters. The summed E-state index contributed by atoms with van der Waals surface area (Å²) in [7, 11) is 2.71. The van der Waals surface area contributed by atoms with Crippen LogP contribution < -0.4 is 18.6 Å². The fourth-order valence-corrected chi connectivity index (χ4v) is 4.87. The summed E-state index contributed by atoms with van der Waals surface area (Å²) in [5.41, 5.74) is 2.89. The lowest BCUT2D eigenvalue weighted by Crippen LogP contribution is -2.43. The zero-order chi connectivity index (χ0) is 24.7. The Bertz CT molecular complexity index is 1030. The largest absolute Gasteiger partial charge is 0.543 e. The molecule has 0 amide bonds. The molecule has 1 heterocycles. The Hall–Kier alpha value is -2.67. The summed E-state index contributed by atoms with van der Waals surface area (Å²) >= 11 is 0. The van der Waals surface area contributed by atoms with E-state index in [-0.39, 0.29) is 11.0 Å². The van der Waals surface area contributed by atoms with Crippen LogP contribution >= 0.6 is 0 Å². The average molecular weight is 473 g/mol. The predicted octanol–water partition coefficient (Wildman–Crippen LogP) is 6.48. The maximum atomic E-state index is 12.9. The molecule has 1 aliphatic rings. The summed E-state index contributed by atoms with van der Waals surface area (Å²) in [5, 5.41) is 0.0262.